The van der Waals surface area contributed by atoms with E-state index < -0.39 is 0 Å². The minimum absolute atomic E-state index is 0.691. The van der Waals surface area contributed by atoms with Crippen molar-refractivity contribution in [2.45, 2.75) is 66.7 Å². The van der Waals surface area contributed by atoms with Gasteiger partial charge in [-0.25, -0.2) is 0 Å². The maximum Gasteiger partial charge on any atom is 0.0562 e. The molecule has 358 valence electrons. The largest absolute Gasteiger partial charge is 0.327 e. The van der Waals surface area contributed by atoms with Crippen molar-refractivity contribution < 1.29 is 0 Å². The Morgan fingerprint density at radius 2 is 1.10 bits per heavy atom. The van der Waals surface area contributed by atoms with Crippen molar-refractivity contribution >= 4 is 71.9 Å². The smallest absolute Gasteiger partial charge is 0.0562 e. The molecule has 12 rings (SSSR count). The molecule has 0 bridgehead atoms. The van der Waals surface area contributed by atoms with Gasteiger partial charge in [0.25, 0.3) is 0 Å². The molecule has 0 atom stereocenters. The van der Waals surface area contributed by atoms with E-state index in [-0.39, 0.29) is 0 Å². The minimum Gasteiger partial charge on any atom is -0.327 e. The van der Waals surface area contributed by atoms with E-state index in [1.807, 2.05) is 13.8 Å². The third-order valence-electron chi connectivity index (χ3n) is 12.4. The number of hydrogen-bond acceptors (Lipinski definition) is 2. The molecule has 8 aromatic carbocycles. The third kappa shape index (κ3) is 11.8. The summed E-state index contributed by atoms with van der Waals surface area (Å²) in [5.41, 5.74) is 17.6. The molecule has 4 nitrogen and oxygen atoms in total. The number of aryl methyl sites for hydroxylation is 1. The molecule has 2 aliphatic carbocycles. The van der Waals surface area contributed by atoms with Gasteiger partial charge in [-0.15, -0.1) is 0 Å². The molecule has 0 unspecified atom stereocenters. The second-order valence-electron chi connectivity index (χ2n) is 17.5. The molecule has 0 amide bonds. The number of aliphatic imine (C=N–C) groups is 1. The summed E-state index contributed by atoms with van der Waals surface area (Å²) in [6.45, 7) is 14.2. The average Bonchev–Trinajstić information content (AvgIpc) is 3.91. The minimum atomic E-state index is 0.691. The number of rotatable bonds is 4. The fourth-order valence-corrected chi connectivity index (χ4v) is 9.30. The molecule has 0 aliphatic heterocycles. The van der Waals surface area contributed by atoms with Gasteiger partial charge >= 0.3 is 0 Å². The van der Waals surface area contributed by atoms with E-state index in [4.69, 9.17) is 5.73 Å². The summed E-state index contributed by atoms with van der Waals surface area (Å²) in [5.74, 6) is 0. The Morgan fingerprint density at radius 3 is 1.77 bits per heavy atom. The summed E-state index contributed by atoms with van der Waals surface area (Å²) in [7, 11) is 1.64. The van der Waals surface area contributed by atoms with Crippen LogP contribution in [-0.4, -0.2) is 29.4 Å². The third-order valence-corrected chi connectivity index (χ3v) is 12.4. The standard InChI is InChI=1S/C45H30N2.C8H10.C7H11N.C3H8.C2H5N.C2H6/c1-29-11-10-15-33-25-35(21-22-36(29)33)47-41-23-20-32(30-12-4-2-5-13-30)26-38(41)39-27-40-44(28-43(39)47)46(34-16-6-3-7-17-34)42-24-19-31-14-8-9-18-37(31)45(40)42;1-2-4-6-8-7-5-3-1;8-6-7-4-2-1-3-5-7;2*1-3-2;1-2/h2-28H,1H3;1-6H,7-8H2;2,4-5H,1,3,6,8H2;3H2,1-2H3;1H2,2H3;1-2H3/b;2-1-,5-3-,6-4+;;;;. The van der Waals surface area contributed by atoms with Crippen LogP contribution in [0, 0.1) is 6.92 Å². The zero-order valence-corrected chi connectivity index (χ0v) is 42.7. The predicted molar refractivity (Wildman–Crippen MR) is 315 cm³/mol. The van der Waals surface area contributed by atoms with Crippen molar-refractivity contribution in [2.24, 2.45) is 10.7 Å². The van der Waals surface area contributed by atoms with Gasteiger partial charge in [0.05, 0.1) is 22.1 Å². The highest BCUT2D eigenvalue weighted by molar-refractivity contribution is 6.25. The Balaban J connectivity index is 0.000000256. The Morgan fingerprint density at radius 1 is 0.493 bits per heavy atom. The second kappa shape index (κ2) is 25.7. The van der Waals surface area contributed by atoms with Gasteiger partial charge in [0, 0.05) is 46.5 Å². The van der Waals surface area contributed by atoms with E-state index >= 15 is 0 Å². The van der Waals surface area contributed by atoms with E-state index in [1.165, 1.54) is 125 Å². The van der Waals surface area contributed by atoms with Crippen LogP contribution in [0.25, 0.3) is 87.7 Å². The van der Waals surface area contributed by atoms with E-state index in [0.29, 0.717) is 6.54 Å². The number of hydrogen-bond donors (Lipinski definition) is 1. The van der Waals surface area contributed by atoms with Crippen molar-refractivity contribution in [3.63, 3.8) is 0 Å². The maximum atomic E-state index is 5.38. The first-order chi connectivity index (χ1) is 35.0. The molecule has 2 aliphatic rings. The quantitative estimate of drug-likeness (QED) is 0.176. The van der Waals surface area contributed by atoms with Crippen LogP contribution < -0.4 is 5.73 Å². The Bertz CT molecular complexity index is 3490. The zero-order chi connectivity index (χ0) is 50.0. The number of nitrogens with two attached hydrogens (primary N) is 1. The molecule has 0 saturated heterocycles. The first-order valence-corrected chi connectivity index (χ1v) is 25.4. The summed E-state index contributed by atoms with van der Waals surface area (Å²) in [4.78, 5) is 3.25. The Labute approximate surface area is 422 Å². The normalized spacial score (nSPS) is 13.9. The van der Waals surface area contributed by atoms with Gasteiger partial charge in [0.2, 0.25) is 0 Å². The van der Waals surface area contributed by atoms with Crippen molar-refractivity contribution in [3.8, 4) is 22.5 Å². The summed E-state index contributed by atoms with van der Waals surface area (Å²) in [6, 6.07) is 60.1. The molecule has 4 heteroatoms. The Hall–Kier alpha value is -7.79. The molecular formula is C67H70N4. The van der Waals surface area contributed by atoms with Crippen LogP contribution in [0.4, 0.5) is 0 Å². The number of benzene rings is 8. The molecule has 0 spiro atoms. The maximum absolute atomic E-state index is 5.38. The Kier molecular flexibility index (Phi) is 18.5. The van der Waals surface area contributed by atoms with Gasteiger partial charge in [-0.2, -0.15) is 0 Å². The highest BCUT2D eigenvalue weighted by Gasteiger charge is 2.20. The number of aromatic nitrogens is 2. The van der Waals surface area contributed by atoms with Crippen molar-refractivity contribution in [1.82, 2.24) is 9.13 Å². The number of fused-ring (bicyclic) bond motifs is 9. The molecule has 2 N–H and O–H groups in total. The lowest BCUT2D eigenvalue weighted by Gasteiger charge is -2.12. The molecule has 2 aromatic heterocycles. The van der Waals surface area contributed by atoms with Crippen LogP contribution in [0.5, 0.6) is 0 Å². The monoisotopic (exact) mass is 931 g/mol. The van der Waals surface area contributed by atoms with Gasteiger partial charge < -0.3 is 19.9 Å². The molecule has 2 heterocycles. The van der Waals surface area contributed by atoms with Gasteiger partial charge in [-0.1, -0.05) is 198 Å². The highest BCUT2D eigenvalue weighted by atomic mass is 15.0. The predicted octanol–water partition coefficient (Wildman–Crippen LogP) is 18.6. The summed E-state index contributed by atoms with van der Waals surface area (Å²) >= 11 is 0. The fraction of sp³-hybridized carbons (Fsp3) is 0.179. The first-order valence-electron chi connectivity index (χ1n) is 25.4. The van der Waals surface area contributed by atoms with Gasteiger partial charge in [0.1, 0.15) is 0 Å². The zero-order valence-electron chi connectivity index (χ0n) is 42.7. The van der Waals surface area contributed by atoms with Crippen LogP contribution in [0.3, 0.4) is 0 Å². The van der Waals surface area contributed by atoms with Crippen LogP contribution >= 0.6 is 0 Å². The lowest BCUT2D eigenvalue weighted by molar-refractivity contribution is 0.995. The van der Waals surface area contributed by atoms with Gasteiger partial charge in [-0.05, 0) is 138 Å². The first kappa shape index (κ1) is 51.1. The summed E-state index contributed by atoms with van der Waals surface area (Å²) < 4.78 is 4.91. The van der Waals surface area contributed by atoms with Crippen molar-refractivity contribution in [3.05, 3.63) is 230 Å². The average molecular weight is 931 g/mol. The van der Waals surface area contributed by atoms with E-state index in [0.717, 1.165) is 5.69 Å². The molecule has 71 heavy (non-hydrogen) atoms. The van der Waals surface area contributed by atoms with E-state index in [1.54, 1.807) is 7.05 Å². The molecular weight excluding hydrogens is 861 g/mol. The number of nitrogens with zero attached hydrogens (tertiary/aromatic N) is 3. The number of allylic oxidation sites excluding steroid dienone is 8. The second-order valence-corrected chi connectivity index (χ2v) is 17.5. The van der Waals surface area contributed by atoms with Crippen LogP contribution in [0.15, 0.2) is 229 Å². The summed E-state index contributed by atoms with van der Waals surface area (Å²) in [6.07, 6.45) is 25.1. The summed E-state index contributed by atoms with van der Waals surface area (Å²) in [5, 5.41) is 10.2. The van der Waals surface area contributed by atoms with Gasteiger partial charge in [0.15, 0.2) is 0 Å². The highest BCUT2D eigenvalue weighted by Crippen LogP contribution is 2.43. The molecule has 10 aromatic rings. The number of para-hydroxylation sites is 1. The SMILES string of the molecule is C1=C\C=C\CC\C=C/1.C=NC.CC.CCC.Cc1cccc2cc(-n3c4ccc(-c5ccccc5)cc4c4cc5c6c7ccccc7ccc6n(-c6ccccc6)c5cc43)ccc12.NCC1=CCCC=C1. The lowest BCUT2D eigenvalue weighted by atomic mass is 10.0. The van der Waals surface area contributed by atoms with Crippen LogP contribution in [0.1, 0.15) is 65.4 Å². The van der Waals surface area contributed by atoms with E-state index in [2.05, 4.69) is 260 Å². The van der Waals surface area contributed by atoms with Crippen molar-refractivity contribution in [1.29, 1.82) is 0 Å². The molecule has 0 saturated carbocycles. The van der Waals surface area contributed by atoms with Crippen molar-refractivity contribution in [2.75, 3.05) is 13.6 Å². The molecule has 0 fully saturated rings. The molecule has 0 radical (unpaired) electrons. The van der Waals surface area contributed by atoms with E-state index in [9.17, 15) is 0 Å². The fourth-order valence-electron chi connectivity index (χ4n) is 9.30. The van der Waals surface area contributed by atoms with Crippen LogP contribution in [-0.2, 0) is 0 Å². The topological polar surface area (TPSA) is 48.2 Å². The van der Waals surface area contributed by atoms with Gasteiger partial charge in [-0.3, -0.25) is 0 Å². The van der Waals surface area contributed by atoms with Crippen LogP contribution in [0.2, 0.25) is 0 Å². The lowest BCUT2D eigenvalue weighted by Crippen LogP contribution is -2.01.